The smallest absolute Gasteiger partial charge is 0.295 e. The maximum Gasteiger partial charge on any atom is 0.295 e. The van der Waals surface area contributed by atoms with Crippen LogP contribution in [-0.2, 0) is 9.59 Å². The molecule has 1 N–H and O–H groups in total. The number of hydrogen-bond donors (Lipinski definition) is 1. The molecule has 2 aromatic rings. The second-order valence-corrected chi connectivity index (χ2v) is 7.69. The molecule has 8 heteroatoms. The predicted octanol–water partition coefficient (Wildman–Crippen LogP) is 3.12. The molecule has 3 rings (SSSR count). The molecule has 1 aliphatic rings. The van der Waals surface area contributed by atoms with E-state index in [0.717, 1.165) is 6.54 Å². The number of methoxy groups -OCH3 is 1. The molecule has 0 saturated carbocycles. The zero-order valence-corrected chi connectivity index (χ0v) is 17.9. The van der Waals surface area contributed by atoms with E-state index >= 15 is 0 Å². The fourth-order valence-electron chi connectivity index (χ4n) is 3.53. The number of amides is 1. The molecule has 0 bridgehead atoms. The fraction of sp³-hybridized carbons (Fsp3) is 0.318. The van der Waals surface area contributed by atoms with Crippen LogP contribution in [0.1, 0.15) is 23.6 Å². The first-order valence-electron chi connectivity index (χ1n) is 9.52. The maximum absolute atomic E-state index is 12.9. The van der Waals surface area contributed by atoms with Gasteiger partial charge in [0.1, 0.15) is 11.5 Å². The second-order valence-electron chi connectivity index (χ2n) is 7.28. The summed E-state index contributed by atoms with van der Waals surface area (Å²) < 4.78 is 5.14. The van der Waals surface area contributed by atoms with E-state index in [1.807, 2.05) is 19.0 Å². The van der Waals surface area contributed by atoms with Crippen molar-refractivity contribution < 1.29 is 19.4 Å². The molecule has 1 fully saturated rings. The number of likely N-dealkylation sites (tertiary alicyclic amines) is 1. The quantitative estimate of drug-likeness (QED) is 0.413. The van der Waals surface area contributed by atoms with Crippen molar-refractivity contribution in [1.29, 1.82) is 0 Å². The third-order valence-corrected chi connectivity index (χ3v) is 5.29. The van der Waals surface area contributed by atoms with Crippen molar-refractivity contribution >= 4 is 29.1 Å². The molecule has 1 saturated heterocycles. The van der Waals surface area contributed by atoms with Crippen molar-refractivity contribution in [3.63, 3.8) is 0 Å². The lowest BCUT2D eigenvalue weighted by Gasteiger charge is -2.25. The highest BCUT2D eigenvalue weighted by atomic mass is 35.5. The number of aliphatic hydroxyl groups excluding tert-OH is 1. The molecule has 7 nitrogen and oxygen atoms in total. The first kappa shape index (κ1) is 21.8. The standard InChI is InChI=1S/C22H24ClN3O4/c1-25(2)11-4-12-26-19(14-7-9-24-10-8-14)18(21(28)22(26)29)20(27)15-5-6-17(30-3)16(23)13-15/h5-10,13,19,27H,4,11-12H2,1-3H3/t19-/m0/s1. The largest absolute Gasteiger partial charge is 0.507 e. The number of hydrogen-bond acceptors (Lipinski definition) is 6. The van der Waals surface area contributed by atoms with Crippen LogP contribution in [-0.4, -0.2) is 65.9 Å². The molecule has 1 aromatic carbocycles. The summed E-state index contributed by atoms with van der Waals surface area (Å²) in [5.41, 5.74) is 1.08. The van der Waals surface area contributed by atoms with Crippen molar-refractivity contribution in [3.8, 4) is 5.75 Å². The minimum absolute atomic E-state index is 0.0392. The number of aliphatic hydroxyl groups is 1. The average molecular weight is 430 g/mol. The minimum atomic E-state index is -0.717. The fourth-order valence-corrected chi connectivity index (χ4v) is 3.79. The Morgan fingerprint density at radius 3 is 2.53 bits per heavy atom. The van der Waals surface area contributed by atoms with Gasteiger partial charge in [0.15, 0.2) is 0 Å². The van der Waals surface area contributed by atoms with Crippen LogP contribution in [0.4, 0.5) is 0 Å². The number of ketones is 1. The summed E-state index contributed by atoms with van der Waals surface area (Å²) in [5, 5.41) is 11.3. The number of ether oxygens (including phenoxy) is 1. The molecule has 2 heterocycles. The van der Waals surface area contributed by atoms with E-state index < -0.39 is 17.7 Å². The van der Waals surface area contributed by atoms with Gasteiger partial charge in [0.05, 0.1) is 23.7 Å². The number of pyridine rings is 1. The zero-order chi connectivity index (χ0) is 21.8. The van der Waals surface area contributed by atoms with Crippen molar-refractivity contribution in [2.24, 2.45) is 0 Å². The van der Waals surface area contributed by atoms with E-state index in [1.54, 1.807) is 36.7 Å². The van der Waals surface area contributed by atoms with Gasteiger partial charge < -0.3 is 19.6 Å². The van der Waals surface area contributed by atoms with Crippen LogP contribution in [0, 0.1) is 0 Å². The number of rotatable bonds is 7. The predicted molar refractivity (Wildman–Crippen MR) is 114 cm³/mol. The number of nitrogens with zero attached hydrogens (tertiary/aromatic N) is 3. The first-order valence-corrected chi connectivity index (χ1v) is 9.90. The van der Waals surface area contributed by atoms with Crippen LogP contribution in [0.25, 0.3) is 5.76 Å². The normalized spacial score (nSPS) is 18.3. The third kappa shape index (κ3) is 4.32. The molecule has 0 spiro atoms. The monoisotopic (exact) mass is 429 g/mol. The molecule has 1 aromatic heterocycles. The molecule has 1 amide bonds. The minimum Gasteiger partial charge on any atom is -0.507 e. The van der Waals surface area contributed by atoms with E-state index in [4.69, 9.17) is 16.3 Å². The molecular formula is C22H24ClN3O4. The Balaban J connectivity index is 2.08. The van der Waals surface area contributed by atoms with Gasteiger partial charge in [0.2, 0.25) is 0 Å². The molecule has 158 valence electrons. The van der Waals surface area contributed by atoms with Gasteiger partial charge in [-0.2, -0.15) is 0 Å². The molecule has 1 atom stereocenters. The van der Waals surface area contributed by atoms with Crippen LogP contribution in [0.15, 0.2) is 48.3 Å². The van der Waals surface area contributed by atoms with Gasteiger partial charge in [0, 0.05) is 24.5 Å². The Morgan fingerprint density at radius 2 is 1.93 bits per heavy atom. The molecule has 1 aliphatic heterocycles. The van der Waals surface area contributed by atoms with Crippen LogP contribution >= 0.6 is 11.6 Å². The van der Waals surface area contributed by atoms with Crippen LogP contribution < -0.4 is 4.74 Å². The second kappa shape index (κ2) is 9.28. The number of aromatic nitrogens is 1. The number of halogens is 1. The molecular weight excluding hydrogens is 406 g/mol. The van der Waals surface area contributed by atoms with Gasteiger partial charge in [0.25, 0.3) is 11.7 Å². The summed E-state index contributed by atoms with van der Waals surface area (Å²) in [7, 11) is 5.38. The number of benzene rings is 1. The summed E-state index contributed by atoms with van der Waals surface area (Å²) in [6.45, 7) is 1.15. The van der Waals surface area contributed by atoms with Gasteiger partial charge in [-0.15, -0.1) is 0 Å². The van der Waals surface area contributed by atoms with E-state index in [9.17, 15) is 14.7 Å². The lowest BCUT2D eigenvalue weighted by atomic mass is 9.96. The van der Waals surface area contributed by atoms with Gasteiger partial charge in [-0.1, -0.05) is 11.6 Å². The summed E-state index contributed by atoms with van der Waals surface area (Å²) in [6, 6.07) is 7.50. The Kier molecular flexibility index (Phi) is 6.74. The SMILES string of the molecule is COc1ccc(C(O)=C2C(=O)C(=O)N(CCCN(C)C)[C@H]2c2ccncc2)cc1Cl. The van der Waals surface area contributed by atoms with E-state index in [-0.39, 0.29) is 11.3 Å². The Bertz CT molecular complexity index is 976. The highest BCUT2D eigenvalue weighted by molar-refractivity contribution is 6.46. The van der Waals surface area contributed by atoms with Crippen LogP contribution in [0.5, 0.6) is 5.75 Å². The number of carbonyl (C=O) groups excluding carboxylic acids is 2. The molecule has 0 radical (unpaired) electrons. The van der Waals surface area contributed by atoms with Crippen molar-refractivity contribution in [3.05, 3.63) is 64.4 Å². The van der Waals surface area contributed by atoms with Gasteiger partial charge in [-0.05, 0) is 63.0 Å². The summed E-state index contributed by atoms with van der Waals surface area (Å²) in [6.07, 6.45) is 3.88. The van der Waals surface area contributed by atoms with E-state index in [0.29, 0.717) is 34.9 Å². The van der Waals surface area contributed by atoms with Gasteiger partial charge in [-0.3, -0.25) is 14.6 Å². The Morgan fingerprint density at radius 1 is 1.23 bits per heavy atom. The Hall–Kier alpha value is -2.90. The zero-order valence-electron chi connectivity index (χ0n) is 17.1. The summed E-state index contributed by atoms with van der Waals surface area (Å²) in [5.74, 6) is -1.17. The summed E-state index contributed by atoms with van der Waals surface area (Å²) >= 11 is 6.19. The first-order chi connectivity index (χ1) is 14.3. The average Bonchev–Trinajstić information content (AvgIpc) is 2.98. The molecule has 0 unspecified atom stereocenters. The van der Waals surface area contributed by atoms with Crippen molar-refractivity contribution in [1.82, 2.24) is 14.8 Å². The van der Waals surface area contributed by atoms with Crippen LogP contribution in [0.2, 0.25) is 5.02 Å². The third-order valence-electron chi connectivity index (χ3n) is 4.99. The van der Waals surface area contributed by atoms with E-state index in [1.165, 1.54) is 18.1 Å². The Labute approximate surface area is 180 Å². The molecule has 30 heavy (non-hydrogen) atoms. The van der Waals surface area contributed by atoms with Crippen LogP contribution in [0.3, 0.4) is 0 Å². The van der Waals surface area contributed by atoms with Crippen molar-refractivity contribution in [2.45, 2.75) is 12.5 Å². The number of Topliss-reactive ketones (excluding diaryl/α,β-unsaturated/α-hetero) is 1. The maximum atomic E-state index is 12.9. The van der Waals surface area contributed by atoms with Gasteiger partial charge in [-0.25, -0.2) is 0 Å². The molecule has 0 aliphatic carbocycles. The summed E-state index contributed by atoms with van der Waals surface area (Å²) in [4.78, 5) is 33.3. The van der Waals surface area contributed by atoms with E-state index in [2.05, 4.69) is 4.98 Å². The topological polar surface area (TPSA) is 83.0 Å². The highest BCUT2D eigenvalue weighted by Gasteiger charge is 2.45. The van der Waals surface area contributed by atoms with Crippen molar-refractivity contribution in [2.75, 3.05) is 34.3 Å². The lowest BCUT2D eigenvalue weighted by molar-refractivity contribution is -0.139. The lowest BCUT2D eigenvalue weighted by Crippen LogP contribution is -2.32. The highest BCUT2D eigenvalue weighted by Crippen LogP contribution is 2.40. The number of carbonyl (C=O) groups is 2. The van der Waals surface area contributed by atoms with Gasteiger partial charge >= 0.3 is 0 Å².